The van der Waals surface area contributed by atoms with E-state index in [1.54, 1.807) is 0 Å². The molecule has 3 aromatic rings. The van der Waals surface area contributed by atoms with Gasteiger partial charge in [0.1, 0.15) is 5.82 Å². The van der Waals surface area contributed by atoms with Crippen LogP contribution in [0.4, 0.5) is 5.82 Å². The molecule has 5 nitrogen and oxygen atoms in total. The van der Waals surface area contributed by atoms with Crippen molar-refractivity contribution in [3.8, 4) is 0 Å². The Morgan fingerprint density at radius 3 is 2.67 bits per heavy atom. The number of halogens is 1. The van der Waals surface area contributed by atoms with Gasteiger partial charge in [0.05, 0.1) is 17.6 Å². The molecule has 110 valence electrons. The first kappa shape index (κ1) is 14.1. The lowest BCUT2D eigenvalue weighted by atomic mass is 9.91. The number of aromatic amines is 1. The molecule has 0 saturated heterocycles. The molecule has 0 radical (unpaired) electrons. The van der Waals surface area contributed by atoms with Gasteiger partial charge in [-0.15, -0.1) is 0 Å². The number of nitrogen functional groups attached to an aromatic ring is 1. The van der Waals surface area contributed by atoms with E-state index in [0.717, 1.165) is 26.8 Å². The van der Waals surface area contributed by atoms with Crippen molar-refractivity contribution in [3.63, 3.8) is 0 Å². The van der Waals surface area contributed by atoms with E-state index >= 15 is 0 Å². The molecule has 2 heterocycles. The minimum absolute atomic E-state index is 0.0879. The Hall–Kier alpha value is -1.82. The number of nitrogens with one attached hydrogen (secondary N) is 1. The highest BCUT2D eigenvalue weighted by molar-refractivity contribution is 9.10. The lowest BCUT2D eigenvalue weighted by molar-refractivity contribution is 0.549. The quantitative estimate of drug-likeness (QED) is 0.745. The molecule has 0 bridgehead atoms. The van der Waals surface area contributed by atoms with Crippen LogP contribution in [0.3, 0.4) is 0 Å². The Balaban J connectivity index is 2.14. The third-order valence-electron chi connectivity index (χ3n) is 3.47. The van der Waals surface area contributed by atoms with E-state index in [1.165, 1.54) is 0 Å². The van der Waals surface area contributed by atoms with Gasteiger partial charge in [0.25, 0.3) is 0 Å². The SMILES string of the molecule is CC(C)(C)c1nn(Cc2ccccc2Br)c2n[nH]c(N)c12. The second kappa shape index (κ2) is 4.87. The smallest absolute Gasteiger partial charge is 0.182 e. The van der Waals surface area contributed by atoms with Gasteiger partial charge in [0.15, 0.2) is 5.65 Å². The Morgan fingerprint density at radius 2 is 2.00 bits per heavy atom. The van der Waals surface area contributed by atoms with E-state index in [2.05, 4.69) is 53.0 Å². The van der Waals surface area contributed by atoms with E-state index < -0.39 is 0 Å². The van der Waals surface area contributed by atoms with Gasteiger partial charge >= 0.3 is 0 Å². The normalized spacial score (nSPS) is 12.2. The molecule has 6 heteroatoms. The summed E-state index contributed by atoms with van der Waals surface area (Å²) in [5, 5.41) is 12.9. The van der Waals surface area contributed by atoms with Crippen LogP contribution in [0.15, 0.2) is 28.7 Å². The zero-order chi connectivity index (χ0) is 15.2. The minimum Gasteiger partial charge on any atom is -0.383 e. The summed E-state index contributed by atoms with van der Waals surface area (Å²) in [6, 6.07) is 8.12. The van der Waals surface area contributed by atoms with Gasteiger partial charge < -0.3 is 5.73 Å². The van der Waals surface area contributed by atoms with Crippen LogP contribution in [-0.4, -0.2) is 20.0 Å². The van der Waals surface area contributed by atoms with Crippen molar-refractivity contribution in [2.75, 3.05) is 5.73 Å². The second-order valence-electron chi connectivity index (χ2n) is 6.18. The Kier molecular flexibility index (Phi) is 3.28. The number of anilines is 1. The number of hydrogen-bond acceptors (Lipinski definition) is 3. The molecule has 1 aromatic carbocycles. The zero-order valence-corrected chi connectivity index (χ0v) is 13.9. The molecule has 0 aliphatic rings. The highest BCUT2D eigenvalue weighted by Gasteiger charge is 2.26. The third-order valence-corrected chi connectivity index (χ3v) is 4.24. The standard InChI is InChI=1S/C15H18BrN5/c1-15(2,3)12-11-13(17)18-19-14(11)21(20-12)8-9-6-4-5-7-10(9)16/h4-7H,8H2,1-3H3,(H3,17,18,19). The van der Waals surface area contributed by atoms with Crippen molar-refractivity contribution in [2.45, 2.75) is 32.7 Å². The maximum absolute atomic E-state index is 6.03. The molecule has 0 unspecified atom stereocenters. The molecule has 0 aliphatic heterocycles. The van der Waals surface area contributed by atoms with Crippen LogP contribution in [-0.2, 0) is 12.0 Å². The first-order chi connectivity index (χ1) is 9.88. The molecule has 0 spiro atoms. The van der Waals surface area contributed by atoms with Gasteiger partial charge in [-0.25, -0.2) is 4.68 Å². The Bertz CT molecular complexity index is 794. The van der Waals surface area contributed by atoms with Gasteiger partial charge in [-0.2, -0.15) is 10.2 Å². The number of nitrogens with zero attached hydrogens (tertiary/aromatic N) is 3. The first-order valence-electron chi connectivity index (χ1n) is 6.82. The highest BCUT2D eigenvalue weighted by Crippen LogP contribution is 2.32. The van der Waals surface area contributed by atoms with Gasteiger partial charge in [0, 0.05) is 9.89 Å². The van der Waals surface area contributed by atoms with Gasteiger partial charge in [-0.3, -0.25) is 5.10 Å². The molecule has 21 heavy (non-hydrogen) atoms. The molecule has 0 saturated carbocycles. The summed E-state index contributed by atoms with van der Waals surface area (Å²) in [5.74, 6) is 0.577. The van der Waals surface area contributed by atoms with Crippen molar-refractivity contribution >= 4 is 32.8 Å². The molecule has 3 rings (SSSR count). The predicted octanol–water partition coefficient (Wildman–Crippen LogP) is 3.45. The molecule has 0 atom stereocenters. The average Bonchev–Trinajstić information content (AvgIpc) is 2.94. The minimum atomic E-state index is -0.0879. The van der Waals surface area contributed by atoms with E-state index in [-0.39, 0.29) is 5.41 Å². The van der Waals surface area contributed by atoms with Crippen molar-refractivity contribution < 1.29 is 0 Å². The molecular weight excluding hydrogens is 330 g/mol. The number of aromatic nitrogens is 4. The fraction of sp³-hybridized carbons (Fsp3) is 0.333. The molecule has 3 N–H and O–H groups in total. The van der Waals surface area contributed by atoms with Crippen LogP contribution >= 0.6 is 15.9 Å². The van der Waals surface area contributed by atoms with E-state index in [4.69, 9.17) is 10.8 Å². The van der Waals surface area contributed by atoms with Gasteiger partial charge in [-0.05, 0) is 11.6 Å². The predicted molar refractivity (Wildman–Crippen MR) is 88.2 cm³/mol. The topological polar surface area (TPSA) is 72.5 Å². The monoisotopic (exact) mass is 347 g/mol. The Morgan fingerprint density at radius 1 is 1.29 bits per heavy atom. The van der Waals surface area contributed by atoms with Gasteiger partial charge in [-0.1, -0.05) is 54.9 Å². The molecule has 0 amide bonds. The number of fused-ring (bicyclic) bond motifs is 1. The summed E-state index contributed by atoms with van der Waals surface area (Å²) >= 11 is 3.58. The van der Waals surface area contributed by atoms with Gasteiger partial charge in [0.2, 0.25) is 0 Å². The summed E-state index contributed by atoms with van der Waals surface area (Å²) in [6.07, 6.45) is 0. The largest absolute Gasteiger partial charge is 0.383 e. The average molecular weight is 348 g/mol. The number of rotatable bonds is 2. The van der Waals surface area contributed by atoms with E-state index in [9.17, 15) is 0 Å². The molecule has 0 fully saturated rings. The summed E-state index contributed by atoms with van der Waals surface area (Å²) < 4.78 is 2.97. The van der Waals surface area contributed by atoms with Crippen LogP contribution in [0, 0.1) is 0 Å². The van der Waals surface area contributed by atoms with Crippen molar-refractivity contribution in [1.82, 2.24) is 20.0 Å². The Labute approximate surface area is 131 Å². The van der Waals surface area contributed by atoms with Crippen LogP contribution in [0.25, 0.3) is 11.0 Å². The van der Waals surface area contributed by atoms with E-state index in [0.29, 0.717) is 12.4 Å². The van der Waals surface area contributed by atoms with Crippen molar-refractivity contribution in [2.24, 2.45) is 0 Å². The van der Waals surface area contributed by atoms with Crippen LogP contribution < -0.4 is 5.73 Å². The second-order valence-corrected chi connectivity index (χ2v) is 7.04. The van der Waals surface area contributed by atoms with Crippen LogP contribution in [0.1, 0.15) is 32.0 Å². The fourth-order valence-electron chi connectivity index (χ4n) is 2.41. The fourth-order valence-corrected chi connectivity index (χ4v) is 2.82. The first-order valence-corrected chi connectivity index (χ1v) is 7.61. The summed E-state index contributed by atoms with van der Waals surface area (Å²) in [7, 11) is 0. The van der Waals surface area contributed by atoms with Crippen LogP contribution in [0.2, 0.25) is 0 Å². The van der Waals surface area contributed by atoms with Crippen molar-refractivity contribution in [3.05, 3.63) is 40.0 Å². The molecular formula is C15H18BrN5. The molecule has 0 aliphatic carbocycles. The number of benzene rings is 1. The van der Waals surface area contributed by atoms with E-state index in [1.807, 2.05) is 22.9 Å². The van der Waals surface area contributed by atoms with Crippen LogP contribution in [0.5, 0.6) is 0 Å². The summed E-state index contributed by atoms with van der Waals surface area (Å²) in [6.45, 7) is 7.04. The lowest BCUT2D eigenvalue weighted by Crippen LogP contribution is -2.14. The lowest BCUT2D eigenvalue weighted by Gasteiger charge is -2.15. The number of nitrogens with two attached hydrogens (primary N) is 1. The summed E-state index contributed by atoms with van der Waals surface area (Å²) in [4.78, 5) is 0. The maximum atomic E-state index is 6.03. The number of H-pyrrole nitrogens is 1. The third kappa shape index (κ3) is 2.44. The number of hydrogen-bond donors (Lipinski definition) is 2. The maximum Gasteiger partial charge on any atom is 0.182 e. The molecule has 2 aromatic heterocycles. The summed E-state index contributed by atoms with van der Waals surface area (Å²) in [5.41, 5.74) is 8.87. The van der Waals surface area contributed by atoms with Crippen molar-refractivity contribution in [1.29, 1.82) is 0 Å². The zero-order valence-electron chi connectivity index (χ0n) is 12.3. The highest BCUT2D eigenvalue weighted by atomic mass is 79.9.